The van der Waals surface area contributed by atoms with E-state index in [1.807, 2.05) is 18.4 Å². The van der Waals surface area contributed by atoms with E-state index in [0.29, 0.717) is 12.1 Å². The quantitative estimate of drug-likeness (QED) is 0.841. The molecule has 2 heterocycles. The van der Waals surface area contributed by atoms with Gasteiger partial charge >= 0.3 is 0 Å². The van der Waals surface area contributed by atoms with Crippen molar-refractivity contribution in [3.8, 4) is 0 Å². The van der Waals surface area contributed by atoms with Crippen LogP contribution in [0.1, 0.15) is 24.3 Å². The van der Waals surface area contributed by atoms with Gasteiger partial charge in [0.2, 0.25) is 0 Å². The molecule has 2 unspecified atom stereocenters. The minimum Gasteiger partial charge on any atom is -0.380 e. The second-order valence-corrected chi connectivity index (χ2v) is 5.62. The zero-order chi connectivity index (χ0) is 12.1. The molecule has 0 aromatic carbocycles. The predicted octanol–water partition coefficient (Wildman–Crippen LogP) is 2.12. The lowest BCUT2D eigenvalue weighted by atomic mass is 10.3. The zero-order valence-corrected chi connectivity index (χ0v) is 11.5. The molecule has 1 saturated heterocycles. The van der Waals surface area contributed by atoms with Crippen molar-refractivity contribution in [1.82, 2.24) is 10.2 Å². The fourth-order valence-electron chi connectivity index (χ4n) is 2.27. The monoisotopic (exact) mass is 254 g/mol. The summed E-state index contributed by atoms with van der Waals surface area (Å²) in [5.74, 6) is 0. The third-order valence-corrected chi connectivity index (χ3v) is 4.47. The Morgan fingerprint density at radius 2 is 2.53 bits per heavy atom. The smallest absolute Gasteiger partial charge is 0.0710 e. The van der Waals surface area contributed by atoms with Crippen molar-refractivity contribution >= 4 is 11.3 Å². The summed E-state index contributed by atoms with van der Waals surface area (Å²) in [6.07, 6.45) is 1.63. The molecule has 1 N–H and O–H groups in total. The molecule has 0 bridgehead atoms. The Morgan fingerprint density at radius 3 is 3.18 bits per heavy atom. The Labute approximate surface area is 108 Å². The Hall–Kier alpha value is -0.420. The van der Waals surface area contributed by atoms with Gasteiger partial charge in [0.05, 0.1) is 6.10 Å². The van der Waals surface area contributed by atoms with Gasteiger partial charge in [-0.2, -0.15) is 0 Å². The molecule has 0 amide bonds. The summed E-state index contributed by atoms with van der Waals surface area (Å²) in [6, 6.07) is 4.77. The summed E-state index contributed by atoms with van der Waals surface area (Å²) in [6.45, 7) is 6.66. The van der Waals surface area contributed by atoms with E-state index < -0.39 is 0 Å². The van der Waals surface area contributed by atoms with Crippen LogP contribution in [0.25, 0.3) is 0 Å². The Bertz CT molecular complexity index is 315. The van der Waals surface area contributed by atoms with Gasteiger partial charge in [0.25, 0.3) is 0 Å². The van der Waals surface area contributed by atoms with E-state index in [1.165, 1.54) is 17.8 Å². The van der Waals surface area contributed by atoms with Gasteiger partial charge in [-0.3, -0.25) is 4.90 Å². The third-order valence-electron chi connectivity index (χ3n) is 3.41. The zero-order valence-electron chi connectivity index (χ0n) is 10.7. The highest BCUT2D eigenvalue weighted by Gasteiger charge is 2.21. The van der Waals surface area contributed by atoms with Crippen molar-refractivity contribution in [1.29, 1.82) is 0 Å². The molecule has 1 fully saturated rings. The van der Waals surface area contributed by atoms with Crippen molar-refractivity contribution in [3.05, 3.63) is 22.4 Å². The van der Waals surface area contributed by atoms with Gasteiger partial charge in [-0.25, -0.2) is 0 Å². The Kier molecular flexibility index (Phi) is 4.98. The van der Waals surface area contributed by atoms with E-state index in [9.17, 15) is 0 Å². The van der Waals surface area contributed by atoms with Crippen LogP contribution in [-0.2, 0) is 4.74 Å². The van der Waals surface area contributed by atoms with Crippen molar-refractivity contribution in [2.75, 3.05) is 33.3 Å². The van der Waals surface area contributed by atoms with E-state index in [-0.39, 0.29) is 0 Å². The largest absolute Gasteiger partial charge is 0.380 e. The maximum atomic E-state index is 5.37. The molecule has 17 heavy (non-hydrogen) atoms. The first kappa shape index (κ1) is 13.0. The van der Waals surface area contributed by atoms with E-state index in [0.717, 1.165) is 19.6 Å². The first-order valence-electron chi connectivity index (χ1n) is 6.31. The van der Waals surface area contributed by atoms with Crippen LogP contribution in [0.4, 0.5) is 0 Å². The molecular weight excluding hydrogens is 232 g/mol. The van der Waals surface area contributed by atoms with Crippen LogP contribution in [-0.4, -0.2) is 44.3 Å². The van der Waals surface area contributed by atoms with Crippen LogP contribution in [0.15, 0.2) is 17.5 Å². The van der Waals surface area contributed by atoms with Crippen molar-refractivity contribution in [2.24, 2.45) is 0 Å². The average molecular weight is 254 g/mol. The van der Waals surface area contributed by atoms with Crippen LogP contribution >= 0.6 is 11.3 Å². The highest BCUT2D eigenvalue weighted by Crippen LogP contribution is 2.18. The van der Waals surface area contributed by atoms with Crippen molar-refractivity contribution < 1.29 is 4.74 Å². The molecule has 96 valence electrons. The molecule has 2 rings (SSSR count). The number of nitrogens with one attached hydrogen (secondary N) is 1. The summed E-state index contributed by atoms with van der Waals surface area (Å²) in [5, 5.41) is 5.71. The molecule has 0 aliphatic carbocycles. The van der Waals surface area contributed by atoms with Gasteiger partial charge in [-0.1, -0.05) is 6.07 Å². The second kappa shape index (κ2) is 6.50. The van der Waals surface area contributed by atoms with Crippen molar-refractivity contribution in [2.45, 2.75) is 25.5 Å². The number of likely N-dealkylation sites (tertiary alicyclic amines) is 1. The second-order valence-electron chi connectivity index (χ2n) is 4.64. The maximum Gasteiger partial charge on any atom is 0.0710 e. The molecule has 1 aromatic rings. The third kappa shape index (κ3) is 3.78. The molecule has 0 saturated carbocycles. The van der Waals surface area contributed by atoms with Crippen LogP contribution in [0.3, 0.4) is 0 Å². The van der Waals surface area contributed by atoms with Crippen LogP contribution < -0.4 is 5.32 Å². The first-order chi connectivity index (χ1) is 8.29. The number of methoxy groups -OCH3 is 1. The number of rotatable bonds is 6. The minimum atomic E-state index is 0.449. The fraction of sp³-hybridized carbons (Fsp3) is 0.692. The topological polar surface area (TPSA) is 24.5 Å². The lowest BCUT2D eigenvalue weighted by Gasteiger charge is -2.18. The standard InChI is InChI=1S/C13H22N2OS/c1-11(13-4-3-9-17-13)14-6-8-15-7-5-12(10-15)16-2/h3-4,9,11-12,14H,5-8,10H2,1-2H3. The number of hydrogen-bond donors (Lipinski definition) is 1. The lowest BCUT2D eigenvalue weighted by molar-refractivity contribution is 0.108. The lowest BCUT2D eigenvalue weighted by Crippen LogP contribution is -2.32. The van der Waals surface area contributed by atoms with Gasteiger partial charge < -0.3 is 10.1 Å². The molecule has 1 aliphatic heterocycles. The predicted molar refractivity (Wildman–Crippen MR) is 72.6 cm³/mol. The SMILES string of the molecule is COC1CCN(CCNC(C)c2cccs2)C1. The average Bonchev–Trinajstić information content (AvgIpc) is 3.00. The highest BCUT2D eigenvalue weighted by molar-refractivity contribution is 7.10. The fourth-order valence-corrected chi connectivity index (χ4v) is 3.03. The maximum absolute atomic E-state index is 5.37. The van der Waals surface area contributed by atoms with Crippen LogP contribution in [0, 0.1) is 0 Å². The summed E-state index contributed by atoms with van der Waals surface area (Å²) in [7, 11) is 1.81. The van der Waals surface area contributed by atoms with Gasteiger partial charge in [0.1, 0.15) is 0 Å². The van der Waals surface area contributed by atoms with E-state index >= 15 is 0 Å². The Morgan fingerprint density at radius 1 is 1.65 bits per heavy atom. The van der Waals surface area contributed by atoms with E-state index in [2.05, 4.69) is 34.7 Å². The Balaban J connectivity index is 1.63. The molecule has 3 nitrogen and oxygen atoms in total. The molecule has 0 spiro atoms. The molecule has 0 radical (unpaired) electrons. The molecule has 1 aliphatic rings. The van der Waals surface area contributed by atoms with Gasteiger partial charge in [0.15, 0.2) is 0 Å². The summed E-state index contributed by atoms with van der Waals surface area (Å²) in [4.78, 5) is 3.89. The molecular formula is C13H22N2OS. The number of ether oxygens (including phenoxy) is 1. The van der Waals surface area contributed by atoms with E-state index in [1.54, 1.807) is 0 Å². The molecule has 2 atom stereocenters. The van der Waals surface area contributed by atoms with Gasteiger partial charge in [0, 0.05) is 44.2 Å². The molecule has 1 aromatic heterocycles. The minimum absolute atomic E-state index is 0.449. The number of thiophene rings is 1. The van der Waals surface area contributed by atoms with Crippen LogP contribution in [0.2, 0.25) is 0 Å². The normalized spacial score (nSPS) is 23.1. The number of hydrogen-bond acceptors (Lipinski definition) is 4. The van der Waals surface area contributed by atoms with Gasteiger partial charge in [-0.15, -0.1) is 11.3 Å². The number of nitrogens with zero attached hydrogens (tertiary/aromatic N) is 1. The summed E-state index contributed by atoms with van der Waals surface area (Å²) >= 11 is 1.82. The van der Waals surface area contributed by atoms with Crippen LogP contribution in [0.5, 0.6) is 0 Å². The van der Waals surface area contributed by atoms with Gasteiger partial charge in [-0.05, 0) is 24.8 Å². The first-order valence-corrected chi connectivity index (χ1v) is 7.19. The highest BCUT2D eigenvalue weighted by atomic mass is 32.1. The summed E-state index contributed by atoms with van der Waals surface area (Å²) < 4.78 is 5.37. The van der Waals surface area contributed by atoms with Crippen molar-refractivity contribution in [3.63, 3.8) is 0 Å². The summed E-state index contributed by atoms with van der Waals surface area (Å²) in [5.41, 5.74) is 0. The van der Waals surface area contributed by atoms with E-state index in [4.69, 9.17) is 4.74 Å². The molecule has 4 heteroatoms.